The summed E-state index contributed by atoms with van der Waals surface area (Å²) in [5, 5.41) is 3.95. The van der Waals surface area contributed by atoms with Crippen LogP contribution in [0.5, 0.6) is 0 Å². The second-order valence-electron chi connectivity index (χ2n) is 5.90. The maximum absolute atomic E-state index is 12.0. The van der Waals surface area contributed by atoms with E-state index in [1.54, 1.807) is 50.6 Å². The molecule has 3 rings (SSSR count). The molecular weight excluding hydrogens is 342 g/mol. The Morgan fingerprint density at radius 1 is 1.30 bits per heavy atom. The van der Waals surface area contributed by atoms with Crippen LogP contribution in [-0.4, -0.2) is 41.6 Å². The fraction of sp³-hybridized carbons (Fsp3) is 0.100. The van der Waals surface area contributed by atoms with Gasteiger partial charge in [-0.2, -0.15) is 0 Å². The second-order valence-corrected chi connectivity index (χ2v) is 5.90. The van der Waals surface area contributed by atoms with Gasteiger partial charge in [0.2, 0.25) is 5.95 Å². The second kappa shape index (κ2) is 7.65. The lowest BCUT2D eigenvalue weighted by Gasteiger charge is -2.06. The molecule has 0 aliphatic rings. The summed E-state index contributed by atoms with van der Waals surface area (Å²) in [6.07, 6.45) is 4.98. The Morgan fingerprint density at radius 3 is 2.81 bits per heavy atom. The maximum atomic E-state index is 12.0. The van der Waals surface area contributed by atoms with Gasteiger partial charge in [0.1, 0.15) is 5.58 Å². The van der Waals surface area contributed by atoms with E-state index < -0.39 is 0 Å². The fourth-order valence-corrected chi connectivity index (χ4v) is 2.47. The van der Waals surface area contributed by atoms with Crippen molar-refractivity contribution in [3.05, 3.63) is 66.7 Å². The highest BCUT2D eigenvalue weighted by Gasteiger charge is 2.14. The molecular formula is C20H19N5O2. The van der Waals surface area contributed by atoms with E-state index in [4.69, 9.17) is 4.42 Å². The van der Waals surface area contributed by atoms with E-state index in [2.05, 4.69) is 33.6 Å². The van der Waals surface area contributed by atoms with Crippen molar-refractivity contribution in [1.82, 2.24) is 14.9 Å². The van der Waals surface area contributed by atoms with Crippen LogP contribution >= 0.6 is 0 Å². The standard InChI is InChI=1S/C20H19N5O2/c1-5-6-15(21-2)16-9-10-22-20(24-16)23-14-7-8-17-13(11-14)12-18(27-17)19(26)25(3)4/h5-12H,1-2H2,3-4H3,(H,22,23,24)/b15-6-. The normalized spacial score (nSPS) is 11.3. The van der Waals surface area contributed by atoms with E-state index in [1.165, 1.54) is 4.90 Å². The minimum atomic E-state index is -0.185. The molecule has 0 aliphatic heterocycles. The Kier molecular flexibility index (Phi) is 5.12. The average molecular weight is 361 g/mol. The number of nitrogens with zero attached hydrogens (tertiary/aromatic N) is 4. The number of carbonyl (C=O) groups is 1. The molecule has 0 fully saturated rings. The lowest BCUT2D eigenvalue weighted by molar-refractivity contribution is 0.0799. The van der Waals surface area contributed by atoms with E-state index in [9.17, 15) is 4.79 Å². The summed E-state index contributed by atoms with van der Waals surface area (Å²) in [6.45, 7) is 7.20. The first kappa shape index (κ1) is 18.1. The zero-order valence-electron chi connectivity index (χ0n) is 15.1. The Bertz CT molecular complexity index is 1050. The Morgan fingerprint density at radius 2 is 2.11 bits per heavy atom. The van der Waals surface area contributed by atoms with Crippen molar-refractivity contribution in [3.8, 4) is 0 Å². The van der Waals surface area contributed by atoms with Crippen molar-refractivity contribution in [2.45, 2.75) is 0 Å². The molecule has 27 heavy (non-hydrogen) atoms. The van der Waals surface area contributed by atoms with Gasteiger partial charge in [-0.1, -0.05) is 12.7 Å². The number of carbonyl (C=O) groups excluding carboxylic acids is 1. The van der Waals surface area contributed by atoms with E-state index in [0.717, 1.165) is 11.1 Å². The summed E-state index contributed by atoms with van der Waals surface area (Å²) in [6, 6.07) is 8.95. The van der Waals surface area contributed by atoms with Crippen molar-refractivity contribution in [2.75, 3.05) is 19.4 Å². The lowest BCUT2D eigenvalue weighted by atomic mass is 10.2. The van der Waals surface area contributed by atoms with Gasteiger partial charge in [0, 0.05) is 31.4 Å². The maximum Gasteiger partial charge on any atom is 0.289 e. The molecule has 0 bridgehead atoms. The molecule has 0 unspecified atom stereocenters. The summed E-state index contributed by atoms with van der Waals surface area (Å²) < 4.78 is 5.60. The smallest absolute Gasteiger partial charge is 0.289 e. The number of furan rings is 1. The lowest BCUT2D eigenvalue weighted by Crippen LogP contribution is -2.20. The first-order valence-corrected chi connectivity index (χ1v) is 8.17. The van der Waals surface area contributed by atoms with E-state index in [0.29, 0.717) is 28.7 Å². The molecule has 2 aromatic heterocycles. The minimum absolute atomic E-state index is 0.185. The molecule has 1 aromatic carbocycles. The molecule has 1 N–H and O–H groups in total. The minimum Gasteiger partial charge on any atom is -0.451 e. The molecule has 0 radical (unpaired) electrons. The third-order valence-electron chi connectivity index (χ3n) is 3.75. The van der Waals surface area contributed by atoms with E-state index in [1.807, 2.05) is 12.1 Å². The Hall–Kier alpha value is -3.74. The Balaban J connectivity index is 1.88. The van der Waals surface area contributed by atoms with Crippen molar-refractivity contribution in [1.29, 1.82) is 0 Å². The van der Waals surface area contributed by atoms with Gasteiger partial charge in [0.25, 0.3) is 5.91 Å². The third kappa shape index (κ3) is 3.92. The molecule has 0 saturated carbocycles. The zero-order valence-corrected chi connectivity index (χ0v) is 15.1. The van der Waals surface area contributed by atoms with Gasteiger partial charge >= 0.3 is 0 Å². The van der Waals surface area contributed by atoms with Crippen LogP contribution in [0.15, 0.2) is 64.7 Å². The summed E-state index contributed by atoms with van der Waals surface area (Å²) in [7, 11) is 3.36. The largest absolute Gasteiger partial charge is 0.451 e. The molecule has 2 heterocycles. The first-order valence-electron chi connectivity index (χ1n) is 8.17. The van der Waals surface area contributed by atoms with E-state index >= 15 is 0 Å². The number of fused-ring (bicyclic) bond motifs is 1. The molecule has 136 valence electrons. The summed E-state index contributed by atoms with van der Waals surface area (Å²) in [4.78, 5) is 26.1. The molecule has 1 amide bonds. The molecule has 3 aromatic rings. The molecule has 0 saturated heterocycles. The van der Waals surface area contributed by atoms with Gasteiger partial charge in [-0.3, -0.25) is 9.79 Å². The molecule has 0 atom stereocenters. The number of allylic oxidation sites excluding steroid dienone is 2. The van der Waals surface area contributed by atoms with Crippen LogP contribution in [0, 0.1) is 0 Å². The highest BCUT2D eigenvalue weighted by molar-refractivity contribution is 5.96. The van der Waals surface area contributed by atoms with Crippen LogP contribution in [0.3, 0.4) is 0 Å². The number of amides is 1. The first-order chi connectivity index (χ1) is 13.0. The highest BCUT2D eigenvalue weighted by Crippen LogP contribution is 2.25. The van der Waals surface area contributed by atoms with Gasteiger partial charge < -0.3 is 14.6 Å². The summed E-state index contributed by atoms with van der Waals surface area (Å²) >= 11 is 0. The zero-order chi connectivity index (χ0) is 19.4. The predicted octanol–water partition coefficient (Wildman–Crippen LogP) is 3.90. The molecule has 0 spiro atoms. The topological polar surface area (TPSA) is 83.6 Å². The third-order valence-corrected chi connectivity index (χ3v) is 3.75. The number of benzene rings is 1. The van der Waals surface area contributed by atoms with Crippen LogP contribution in [0.2, 0.25) is 0 Å². The number of hydrogen-bond donors (Lipinski definition) is 1. The number of nitrogens with one attached hydrogen (secondary N) is 1. The summed E-state index contributed by atoms with van der Waals surface area (Å²) in [5.74, 6) is 0.524. The van der Waals surface area contributed by atoms with Crippen molar-refractivity contribution in [2.24, 2.45) is 4.99 Å². The van der Waals surface area contributed by atoms with Gasteiger partial charge in [0.15, 0.2) is 5.76 Å². The van der Waals surface area contributed by atoms with Crippen LogP contribution in [0.1, 0.15) is 16.2 Å². The van der Waals surface area contributed by atoms with Crippen molar-refractivity contribution < 1.29 is 9.21 Å². The van der Waals surface area contributed by atoms with Crippen molar-refractivity contribution in [3.63, 3.8) is 0 Å². The quantitative estimate of drug-likeness (QED) is 0.532. The summed E-state index contributed by atoms with van der Waals surface area (Å²) in [5.41, 5.74) is 2.64. The highest BCUT2D eigenvalue weighted by atomic mass is 16.3. The molecule has 7 nitrogen and oxygen atoms in total. The Labute approximate surface area is 156 Å². The van der Waals surface area contributed by atoms with Gasteiger partial charge in [0.05, 0.1) is 11.4 Å². The van der Waals surface area contributed by atoms with Gasteiger partial charge in [-0.05, 0) is 43.1 Å². The number of hydrogen-bond acceptors (Lipinski definition) is 6. The monoisotopic (exact) mass is 361 g/mol. The SMILES string of the molecule is C=C/C=C(\N=C)c1ccnc(Nc2ccc3oc(C(=O)N(C)C)cc3c2)n1. The molecule has 7 heteroatoms. The average Bonchev–Trinajstić information content (AvgIpc) is 3.08. The molecule has 0 aliphatic carbocycles. The number of anilines is 2. The number of aromatic nitrogens is 2. The van der Waals surface area contributed by atoms with Crippen LogP contribution < -0.4 is 5.32 Å². The van der Waals surface area contributed by atoms with Crippen LogP contribution in [0.25, 0.3) is 16.7 Å². The van der Waals surface area contributed by atoms with Crippen LogP contribution in [-0.2, 0) is 0 Å². The van der Waals surface area contributed by atoms with Crippen molar-refractivity contribution >= 4 is 40.9 Å². The van der Waals surface area contributed by atoms with Gasteiger partial charge in [-0.25, -0.2) is 9.97 Å². The fourth-order valence-electron chi connectivity index (χ4n) is 2.47. The number of rotatable bonds is 6. The van der Waals surface area contributed by atoms with Crippen LogP contribution in [0.4, 0.5) is 11.6 Å². The van der Waals surface area contributed by atoms with Gasteiger partial charge in [-0.15, -0.1) is 0 Å². The van der Waals surface area contributed by atoms with E-state index in [-0.39, 0.29) is 5.91 Å². The number of aliphatic imine (C=N–C) groups is 1. The predicted molar refractivity (Wildman–Crippen MR) is 107 cm³/mol.